The van der Waals surface area contributed by atoms with Crippen molar-refractivity contribution in [3.05, 3.63) is 53.1 Å². The molecule has 24 heavy (non-hydrogen) atoms. The molecule has 0 aliphatic carbocycles. The summed E-state index contributed by atoms with van der Waals surface area (Å²) in [5.74, 6) is 2.52. The summed E-state index contributed by atoms with van der Waals surface area (Å²) in [5.41, 5.74) is 3.93. The van der Waals surface area contributed by atoms with Gasteiger partial charge in [-0.05, 0) is 60.2 Å². The van der Waals surface area contributed by atoms with Crippen LogP contribution in [-0.4, -0.2) is 27.4 Å². The van der Waals surface area contributed by atoms with Crippen LogP contribution in [0.3, 0.4) is 0 Å². The molecule has 1 heterocycles. The lowest BCUT2D eigenvalue weighted by atomic mass is 9.99. The predicted octanol–water partition coefficient (Wildman–Crippen LogP) is 3.36. The maximum Gasteiger partial charge on any atom is 0.161 e. The standard InChI is InChI=1S/C20H25NO3/c1-22-18-6-4-5-14(10-18)9-17-8-7-15-11-19(23-2)20(24-3)12-16(15)13-21-17/h4-6,10-12,17,21H,7-9,13H2,1-3H3. The Balaban J connectivity index is 1.73. The Labute approximate surface area is 143 Å². The smallest absolute Gasteiger partial charge is 0.161 e. The van der Waals surface area contributed by atoms with Crippen LogP contribution in [0.5, 0.6) is 17.2 Å². The molecule has 1 aliphatic rings. The van der Waals surface area contributed by atoms with Crippen molar-refractivity contribution < 1.29 is 14.2 Å². The fourth-order valence-electron chi connectivity index (χ4n) is 3.30. The lowest BCUT2D eigenvalue weighted by Gasteiger charge is -2.16. The highest BCUT2D eigenvalue weighted by atomic mass is 16.5. The highest BCUT2D eigenvalue weighted by molar-refractivity contribution is 5.48. The van der Waals surface area contributed by atoms with Crippen LogP contribution in [0.1, 0.15) is 23.1 Å². The fourth-order valence-corrected chi connectivity index (χ4v) is 3.30. The molecule has 4 heteroatoms. The second-order valence-corrected chi connectivity index (χ2v) is 6.15. The molecule has 128 valence electrons. The van der Waals surface area contributed by atoms with Gasteiger partial charge in [0.05, 0.1) is 21.3 Å². The van der Waals surface area contributed by atoms with Gasteiger partial charge < -0.3 is 19.5 Å². The summed E-state index contributed by atoms with van der Waals surface area (Å²) < 4.78 is 16.2. The summed E-state index contributed by atoms with van der Waals surface area (Å²) in [6.45, 7) is 0.852. The molecule has 2 aromatic rings. The third-order valence-corrected chi connectivity index (χ3v) is 4.67. The fraction of sp³-hybridized carbons (Fsp3) is 0.400. The Kier molecular flexibility index (Phi) is 5.26. The van der Waals surface area contributed by atoms with Gasteiger partial charge in [-0.1, -0.05) is 12.1 Å². The van der Waals surface area contributed by atoms with Crippen LogP contribution in [0.4, 0.5) is 0 Å². The van der Waals surface area contributed by atoms with Crippen molar-refractivity contribution in [2.75, 3.05) is 21.3 Å². The van der Waals surface area contributed by atoms with E-state index >= 15 is 0 Å². The van der Waals surface area contributed by atoms with E-state index in [1.807, 2.05) is 6.07 Å². The molecule has 1 atom stereocenters. The topological polar surface area (TPSA) is 39.7 Å². The van der Waals surface area contributed by atoms with Crippen molar-refractivity contribution in [3.63, 3.8) is 0 Å². The van der Waals surface area contributed by atoms with Gasteiger partial charge in [0.25, 0.3) is 0 Å². The summed E-state index contributed by atoms with van der Waals surface area (Å²) in [5, 5.41) is 3.68. The summed E-state index contributed by atoms with van der Waals surface area (Å²) in [6.07, 6.45) is 3.14. The number of hydrogen-bond acceptors (Lipinski definition) is 4. The highest BCUT2D eigenvalue weighted by Crippen LogP contribution is 2.32. The van der Waals surface area contributed by atoms with E-state index in [1.54, 1.807) is 21.3 Å². The van der Waals surface area contributed by atoms with E-state index in [0.717, 1.165) is 43.1 Å². The lowest BCUT2D eigenvalue weighted by Crippen LogP contribution is -2.29. The molecule has 0 spiro atoms. The van der Waals surface area contributed by atoms with Gasteiger partial charge in [-0.25, -0.2) is 0 Å². The van der Waals surface area contributed by atoms with Gasteiger partial charge in [0.15, 0.2) is 11.5 Å². The Hall–Kier alpha value is -2.20. The SMILES string of the molecule is COc1cccc(CC2CCc3cc(OC)c(OC)cc3CN2)c1. The van der Waals surface area contributed by atoms with Crippen LogP contribution in [0.2, 0.25) is 0 Å². The summed E-state index contributed by atoms with van der Waals surface area (Å²) in [7, 11) is 5.07. The Morgan fingerprint density at radius 2 is 1.71 bits per heavy atom. The second-order valence-electron chi connectivity index (χ2n) is 6.15. The molecule has 0 fully saturated rings. The van der Waals surface area contributed by atoms with Crippen molar-refractivity contribution >= 4 is 0 Å². The zero-order valence-electron chi connectivity index (χ0n) is 14.6. The minimum absolute atomic E-state index is 0.446. The van der Waals surface area contributed by atoms with Crippen molar-refractivity contribution in [3.8, 4) is 17.2 Å². The number of hydrogen-bond donors (Lipinski definition) is 1. The van der Waals surface area contributed by atoms with Crippen LogP contribution < -0.4 is 19.5 Å². The number of methoxy groups -OCH3 is 3. The molecule has 0 radical (unpaired) electrons. The molecule has 0 saturated heterocycles. The van der Waals surface area contributed by atoms with Crippen LogP contribution in [0, 0.1) is 0 Å². The third kappa shape index (κ3) is 3.65. The van der Waals surface area contributed by atoms with E-state index in [-0.39, 0.29) is 0 Å². The number of nitrogens with one attached hydrogen (secondary N) is 1. The van der Waals surface area contributed by atoms with Gasteiger partial charge in [-0.2, -0.15) is 0 Å². The van der Waals surface area contributed by atoms with Crippen molar-refractivity contribution in [2.45, 2.75) is 31.8 Å². The zero-order valence-corrected chi connectivity index (χ0v) is 14.6. The monoisotopic (exact) mass is 327 g/mol. The first-order valence-corrected chi connectivity index (χ1v) is 8.33. The molecule has 4 nitrogen and oxygen atoms in total. The zero-order chi connectivity index (χ0) is 16.9. The molecule has 1 N–H and O–H groups in total. The maximum absolute atomic E-state index is 5.43. The van der Waals surface area contributed by atoms with Gasteiger partial charge in [0, 0.05) is 12.6 Å². The minimum Gasteiger partial charge on any atom is -0.497 e. The molecule has 1 unspecified atom stereocenters. The van der Waals surface area contributed by atoms with E-state index in [2.05, 4.69) is 35.6 Å². The van der Waals surface area contributed by atoms with Crippen molar-refractivity contribution in [1.82, 2.24) is 5.32 Å². The Bertz CT molecular complexity index is 664. The molecule has 1 aliphatic heterocycles. The molecular weight excluding hydrogens is 302 g/mol. The lowest BCUT2D eigenvalue weighted by molar-refractivity contribution is 0.354. The Morgan fingerprint density at radius 3 is 2.42 bits per heavy atom. The van der Waals surface area contributed by atoms with Crippen LogP contribution >= 0.6 is 0 Å². The maximum atomic E-state index is 5.43. The molecular formula is C20H25NO3. The number of benzene rings is 2. The Morgan fingerprint density at radius 1 is 0.958 bits per heavy atom. The van der Waals surface area contributed by atoms with Crippen LogP contribution in [-0.2, 0) is 19.4 Å². The summed E-state index contributed by atoms with van der Waals surface area (Å²) in [4.78, 5) is 0. The van der Waals surface area contributed by atoms with Gasteiger partial charge >= 0.3 is 0 Å². The molecule has 0 saturated carbocycles. The third-order valence-electron chi connectivity index (χ3n) is 4.67. The predicted molar refractivity (Wildman–Crippen MR) is 95.2 cm³/mol. The largest absolute Gasteiger partial charge is 0.497 e. The number of ether oxygens (including phenoxy) is 3. The molecule has 2 aromatic carbocycles. The number of aryl methyl sites for hydroxylation is 1. The average molecular weight is 327 g/mol. The van der Waals surface area contributed by atoms with E-state index in [1.165, 1.54) is 16.7 Å². The van der Waals surface area contributed by atoms with Crippen molar-refractivity contribution in [2.24, 2.45) is 0 Å². The molecule has 0 aromatic heterocycles. The van der Waals surface area contributed by atoms with Gasteiger partial charge in [0.1, 0.15) is 5.75 Å². The number of fused-ring (bicyclic) bond motifs is 1. The van der Waals surface area contributed by atoms with Gasteiger partial charge in [-0.15, -0.1) is 0 Å². The highest BCUT2D eigenvalue weighted by Gasteiger charge is 2.18. The van der Waals surface area contributed by atoms with E-state index in [4.69, 9.17) is 14.2 Å². The van der Waals surface area contributed by atoms with E-state index < -0.39 is 0 Å². The van der Waals surface area contributed by atoms with Crippen LogP contribution in [0.15, 0.2) is 36.4 Å². The minimum atomic E-state index is 0.446. The average Bonchev–Trinajstić information content (AvgIpc) is 2.82. The van der Waals surface area contributed by atoms with E-state index in [9.17, 15) is 0 Å². The van der Waals surface area contributed by atoms with Gasteiger partial charge in [0.2, 0.25) is 0 Å². The summed E-state index contributed by atoms with van der Waals surface area (Å²) >= 11 is 0. The number of rotatable bonds is 5. The quantitative estimate of drug-likeness (QED) is 0.914. The molecule has 0 amide bonds. The second kappa shape index (κ2) is 7.58. The van der Waals surface area contributed by atoms with Crippen LogP contribution in [0.25, 0.3) is 0 Å². The molecule has 0 bridgehead atoms. The van der Waals surface area contributed by atoms with Gasteiger partial charge in [-0.3, -0.25) is 0 Å². The normalized spacial score (nSPS) is 16.9. The summed E-state index contributed by atoms with van der Waals surface area (Å²) in [6, 6.07) is 13.0. The first-order valence-electron chi connectivity index (χ1n) is 8.33. The van der Waals surface area contributed by atoms with Crippen molar-refractivity contribution in [1.29, 1.82) is 0 Å². The molecule has 3 rings (SSSR count). The first kappa shape index (κ1) is 16.7. The van der Waals surface area contributed by atoms with E-state index in [0.29, 0.717) is 6.04 Å². The first-order chi connectivity index (χ1) is 11.7.